The zero-order valence-electron chi connectivity index (χ0n) is 22.5. The number of benzene rings is 2. The second-order valence-corrected chi connectivity index (χ2v) is 13.0. The lowest BCUT2D eigenvalue weighted by Gasteiger charge is -2.31. The molecule has 3 aromatic rings. The van der Waals surface area contributed by atoms with Crippen LogP contribution >= 0.6 is 11.3 Å². The van der Waals surface area contributed by atoms with Crippen LogP contribution in [0.5, 0.6) is 5.75 Å². The summed E-state index contributed by atoms with van der Waals surface area (Å²) in [6.07, 6.45) is 1.69. The topological polar surface area (TPSA) is 53.4 Å². The number of piperidine rings is 1. The Bertz CT molecular complexity index is 1260. The Morgan fingerprint density at radius 3 is 2.14 bits per heavy atom. The summed E-state index contributed by atoms with van der Waals surface area (Å²) in [5, 5.41) is 14.2. The van der Waals surface area contributed by atoms with Crippen LogP contribution in [0.3, 0.4) is 0 Å². The summed E-state index contributed by atoms with van der Waals surface area (Å²) in [5.41, 5.74) is 3.81. The maximum atomic E-state index is 13.5. The lowest BCUT2D eigenvalue weighted by atomic mass is 9.78. The zero-order chi connectivity index (χ0) is 27.1. The number of hydrogen-bond acceptors (Lipinski definition) is 4. The third kappa shape index (κ3) is 6.03. The molecule has 0 aliphatic carbocycles. The van der Waals surface area contributed by atoms with Crippen molar-refractivity contribution in [2.75, 3.05) is 13.1 Å². The highest BCUT2D eigenvalue weighted by Crippen LogP contribution is 2.42. The van der Waals surface area contributed by atoms with Gasteiger partial charge in [-0.15, -0.1) is 11.3 Å². The molecule has 0 radical (unpaired) electrons. The molecule has 0 bridgehead atoms. The maximum absolute atomic E-state index is 13.5. The van der Waals surface area contributed by atoms with Crippen molar-refractivity contribution < 1.29 is 18.7 Å². The van der Waals surface area contributed by atoms with Gasteiger partial charge in [0.05, 0.1) is 17.1 Å². The summed E-state index contributed by atoms with van der Waals surface area (Å²) >= 11 is 1.64. The van der Waals surface area contributed by atoms with Gasteiger partial charge in [0.15, 0.2) is 11.6 Å². The van der Waals surface area contributed by atoms with Crippen molar-refractivity contribution >= 4 is 17.2 Å². The minimum atomic E-state index is -0.929. The smallest absolute Gasteiger partial charge is 0.226 e. The van der Waals surface area contributed by atoms with E-state index < -0.39 is 11.6 Å². The molecule has 0 atom stereocenters. The number of aromatic nitrogens is 1. The summed E-state index contributed by atoms with van der Waals surface area (Å²) < 4.78 is 26.7. The molecule has 37 heavy (non-hydrogen) atoms. The third-order valence-electron chi connectivity index (χ3n) is 7.08. The first-order valence-corrected chi connectivity index (χ1v) is 13.7. The minimum Gasteiger partial charge on any atom is -0.507 e. The van der Waals surface area contributed by atoms with Gasteiger partial charge in [0, 0.05) is 41.1 Å². The molecule has 1 fully saturated rings. The fourth-order valence-electron chi connectivity index (χ4n) is 4.85. The molecular weight excluding hydrogens is 490 g/mol. The molecule has 2 heterocycles. The van der Waals surface area contributed by atoms with Gasteiger partial charge in [0.1, 0.15) is 5.75 Å². The summed E-state index contributed by atoms with van der Waals surface area (Å²) in [4.78, 5) is 19.5. The first-order chi connectivity index (χ1) is 17.2. The van der Waals surface area contributed by atoms with Crippen LogP contribution in [0.15, 0.2) is 35.7 Å². The number of hydrogen-bond donors (Lipinski definition) is 1. The van der Waals surface area contributed by atoms with Gasteiger partial charge in [0.2, 0.25) is 5.91 Å². The van der Waals surface area contributed by atoms with Crippen molar-refractivity contribution in [3.63, 3.8) is 0 Å². The molecule has 7 heteroatoms. The highest BCUT2D eigenvalue weighted by Gasteiger charge is 2.29. The summed E-state index contributed by atoms with van der Waals surface area (Å²) in [6, 6.07) is 7.73. The normalized spacial score (nSPS) is 15.3. The van der Waals surface area contributed by atoms with Crippen molar-refractivity contribution in [2.24, 2.45) is 0 Å². The van der Waals surface area contributed by atoms with Gasteiger partial charge in [-0.25, -0.2) is 13.8 Å². The average Bonchev–Trinajstić information content (AvgIpc) is 3.30. The Hall–Kier alpha value is -2.80. The first kappa shape index (κ1) is 27.2. The lowest BCUT2D eigenvalue weighted by Crippen LogP contribution is -2.38. The van der Waals surface area contributed by atoms with Crippen LogP contribution in [-0.2, 0) is 22.0 Å². The van der Waals surface area contributed by atoms with Gasteiger partial charge in [-0.05, 0) is 53.5 Å². The second kappa shape index (κ2) is 10.2. The van der Waals surface area contributed by atoms with Crippen LogP contribution in [0, 0.1) is 11.6 Å². The number of phenols is 1. The van der Waals surface area contributed by atoms with Crippen LogP contribution in [0.25, 0.3) is 11.3 Å². The maximum Gasteiger partial charge on any atom is 0.226 e. The van der Waals surface area contributed by atoms with E-state index in [4.69, 9.17) is 4.98 Å². The predicted molar refractivity (Wildman–Crippen MR) is 145 cm³/mol. The van der Waals surface area contributed by atoms with E-state index in [-0.39, 0.29) is 29.1 Å². The average molecular weight is 527 g/mol. The number of rotatable bonds is 4. The molecular formula is C30H36F2N2O2S. The van der Waals surface area contributed by atoms with Crippen molar-refractivity contribution in [1.82, 2.24) is 9.88 Å². The van der Waals surface area contributed by atoms with Crippen LogP contribution in [0.1, 0.15) is 82.0 Å². The predicted octanol–water partition coefficient (Wildman–Crippen LogP) is 7.34. The molecule has 198 valence electrons. The Morgan fingerprint density at radius 1 is 1.00 bits per heavy atom. The Labute approximate surface area is 222 Å². The molecule has 1 aliphatic rings. The van der Waals surface area contributed by atoms with E-state index in [9.17, 15) is 18.7 Å². The molecule has 4 nitrogen and oxygen atoms in total. The summed E-state index contributed by atoms with van der Waals surface area (Å²) in [6.45, 7) is 13.9. The van der Waals surface area contributed by atoms with E-state index in [1.807, 2.05) is 0 Å². The lowest BCUT2D eigenvalue weighted by molar-refractivity contribution is -0.131. The number of carbonyl (C=O) groups excluding carboxylic acids is 1. The molecule has 1 aromatic heterocycles. The Morgan fingerprint density at radius 2 is 1.59 bits per heavy atom. The Balaban J connectivity index is 1.48. The SMILES string of the molecule is CC(C)(C)c1cc(-c2csc(C3CCN(C(=O)Cc4ccc(F)c(F)c4)CC3)n2)cc(C(C)(C)C)c1O. The van der Waals surface area contributed by atoms with Gasteiger partial charge in [-0.1, -0.05) is 47.6 Å². The zero-order valence-corrected chi connectivity index (χ0v) is 23.3. The third-order valence-corrected chi connectivity index (χ3v) is 8.09. The molecule has 1 saturated heterocycles. The van der Waals surface area contributed by atoms with E-state index >= 15 is 0 Å². The monoisotopic (exact) mass is 526 g/mol. The van der Waals surface area contributed by atoms with Crippen LogP contribution in [-0.4, -0.2) is 34.0 Å². The molecule has 1 aliphatic heterocycles. The summed E-state index contributed by atoms with van der Waals surface area (Å²) in [7, 11) is 0. The van der Waals surface area contributed by atoms with E-state index in [1.54, 1.807) is 16.2 Å². The summed E-state index contributed by atoms with van der Waals surface area (Å²) in [5.74, 6) is -1.28. The van der Waals surface area contributed by atoms with Crippen LogP contribution < -0.4 is 0 Å². The number of thiazole rings is 1. The highest BCUT2D eigenvalue weighted by atomic mass is 32.1. The minimum absolute atomic E-state index is 0.0658. The van der Waals surface area contributed by atoms with Gasteiger partial charge in [0.25, 0.3) is 0 Å². The van der Waals surface area contributed by atoms with Crippen molar-refractivity contribution in [1.29, 1.82) is 0 Å². The standard InChI is InChI=1S/C30H36F2N2O2S/c1-29(2,3)21-15-20(16-22(27(21)36)30(4,5)6)25-17-37-28(33-25)19-9-11-34(12-10-19)26(35)14-18-7-8-23(31)24(32)13-18/h7-8,13,15-17,19,36H,9-12,14H2,1-6H3. The quantitative estimate of drug-likeness (QED) is 0.387. The molecule has 0 unspecified atom stereocenters. The molecule has 0 spiro atoms. The van der Waals surface area contributed by atoms with Gasteiger partial charge in [-0.2, -0.15) is 0 Å². The Kier molecular flexibility index (Phi) is 7.48. The number of likely N-dealkylation sites (tertiary alicyclic amines) is 1. The van der Waals surface area contributed by atoms with E-state index in [0.717, 1.165) is 52.4 Å². The van der Waals surface area contributed by atoms with Crippen molar-refractivity contribution in [2.45, 2.75) is 77.6 Å². The van der Waals surface area contributed by atoms with Gasteiger partial charge in [-0.3, -0.25) is 4.79 Å². The van der Waals surface area contributed by atoms with Crippen LogP contribution in [0.2, 0.25) is 0 Å². The fourth-order valence-corrected chi connectivity index (χ4v) is 5.85. The molecule has 4 rings (SSSR count). The van der Waals surface area contributed by atoms with Crippen LogP contribution in [0.4, 0.5) is 8.78 Å². The number of amides is 1. The molecule has 0 saturated carbocycles. The fraction of sp³-hybridized carbons (Fsp3) is 0.467. The largest absolute Gasteiger partial charge is 0.507 e. The number of nitrogens with zero attached hydrogens (tertiary/aromatic N) is 2. The van der Waals surface area contributed by atoms with Gasteiger partial charge < -0.3 is 10.0 Å². The first-order valence-electron chi connectivity index (χ1n) is 12.8. The second-order valence-electron chi connectivity index (χ2n) is 12.1. The van der Waals surface area contributed by atoms with Crippen molar-refractivity contribution in [3.05, 3.63) is 69.0 Å². The van der Waals surface area contributed by atoms with E-state index in [1.165, 1.54) is 6.07 Å². The number of carbonyl (C=O) groups is 1. The number of aromatic hydroxyl groups is 1. The van der Waals surface area contributed by atoms with E-state index in [2.05, 4.69) is 59.1 Å². The highest BCUT2D eigenvalue weighted by molar-refractivity contribution is 7.10. The molecule has 1 N–H and O–H groups in total. The molecule has 1 amide bonds. The molecule has 2 aromatic carbocycles. The van der Waals surface area contributed by atoms with Crippen molar-refractivity contribution in [3.8, 4) is 17.0 Å². The number of halogens is 2. The van der Waals surface area contributed by atoms with Gasteiger partial charge >= 0.3 is 0 Å². The number of phenolic OH excluding ortho intramolecular Hbond substituents is 1. The van der Waals surface area contributed by atoms with E-state index in [0.29, 0.717) is 24.4 Å².